The van der Waals surface area contributed by atoms with Crippen LogP contribution in [0.15, 0.2) is 29.8 Å². The van der Waals surface area contributed by atoms with Gasteiger partial charge < -0.3 is 15.0 Å². The number of carbonyl (C=O) groups excluding carboxylic acids is 1. The molecule has 0 aromatic heterocycles. The number of ether oxygens (including phenoxy) is 1. The Morgan fingerprint density at radius 1 is 1.33 bits per heavy atom. The van der Waals surface area contributed by atoms with Crippen LogP contribution in [0.4, 0.5) is 0 Å². The van der Waals surface area contributed by atoms with Gasteiger partial charge in [0.1, 0.15) is 12.4 Å². The molecule has 3 rings (SSSR count). The molecule has 0 spiro atoms. The topological polar surface area (TPSA) is 41.6 Å². The van der Waals surface area contributed by atoms with Crippen molar-refractivity contribution in [3.63, 3.8) is 0 Å². The molecule has 4 heteroatoms. The van der Waals surface area contributed by atoms with Crippen molar-refractivity contribution in [2.45, 2.75) is 39.2 Å². The van der Waals surface area contributed by atoms with E-state index in [9.17, 15) is 4.79 Å². The van der Waals surface area contributed by atoms with E-state index < -0.39 is 0 Å². The highest BCUT2D eigenvalue weighted by Crippen LogP contribution is 2.26. The molecule has 2 aliphatic heterocycles. The number of para-hydroxylation sites is 1. The summed E-state index contributed by atoms with van der Waals surface area (Å²) in [6.07, 6.45) is 4.99. The van der Waals surface area contributed by atoms with Gasteiger partial charge in [0.25, 0.3) is 0 Å². The number of likely N-dealkylation sites (tertiary alicyclic amines) is 1. The predicted molar refractivity (Wildman–Crippen MR) is 97.0 cm³/mol. The average molecular weight is 328 g/mol. The molecule has 0 aliphatic carbocycles. The molecule has 0 radical (unpaired) electrons. The highest BCUT2D eigenvalue weighted by molar-refractivity contribution is 5.75. The van der Waals surface area contributed by atoms with Gasteiger partial charge in [0.15, 0.2) is 0 Å². The molecule has 1 amide bonds. The number of nitrogens with zero attached hydrogens (tertiary/aromatic N) is 1. The quantitative estimate of drug-likeness (QED) is 0.903. The van der Waals surface area contributed by atoms with E-state index in [4.69, 9.17) is 4.74 Å². The molecule has 1 aromatic rings. The van der Waals surface area contributed by atoms with Crippen molar-refractivity contribution >= 4 is 12.0 Å². The third kappa shape index (κ3) is 3.81. The molecule has 2 heterocycles. The lowest BCUT2D eigenvalue weighted by Gasteiger charge is -2.39. The SMILES string of the molecule is CCC(=O)N1CC[C@H](NCC2=Cc3ccccc3OC2)[C@@H](CC)C1. The summed E-state index contributed by atoms with van der Waals surface area (Å²) in [5.41, 5.74) is 2.45. The summed E-state index contributed by atoms with van der Waals surface area (Å²) in [7, 11) is 0. The molecular formula is C20H28N2O2. The van der Waals surface area contributed by atoms with Gasteiger partial charge in [0.05, 0.1) is 0 Å². The maximum atomic E-state index is 11.9. The van der Waals surface area contributed by atoms with Crippen LogP contribution in [0, 0.1) is 5.92 Å². The average Bonchev–Trinajstić information content (AvgIpc) is 2.65. The monoisotopic (exact) mass is 328 g/mol. The number of rotatable bonds is 5. The van der Waals surface area contributed by atoms with Gasteiger partial charge in [-0.15, -0.1) is 0 Å². The Hall–Kier alpha value is -1.81. The summed E-state index contributed by atoms with van der Waals surface area (Å²) in [5, 5.41) is 3.71. The number of fused-ring (bicyclic) bond motifs is 1. The molecule has 2 aliphatic rings. The van der Waals surface area contributed by atoms with Crippen LogP contribution in [0.2, 0.25) is 0 Å². The van der Waals surface area contributed by atoms with E-state index in [0.29, 0.717) is 25.0 Å². The van der Waals surface area contributed by atoms with E-state index >= 15 is 0 Å². The maximum absolute atomic E-state index is 11.9. The van der Waals surface area contributed by atoms with E-state index in [2.05, 4.69) is 24.4 Å². The zero-order valence-electron chi connectivity index (χ0n) is 14.8. The normalized spacial score (nSPS) is 23.2. The zero-order valence-corrected chi connectivity index (χ0v) is 14.8. The van der Waals surface area contributed by atoms with Crippen molar-refractivity contribution in [2.24, 2.45) is 5.92 Å². The third-order valence-electron chi connectivity index (χ3n) is 5.20. The second kappa shape index (κ2) is 7.84. The zero-order chi connectivity index (χ0) is 16.9. The number of carbonyl (C=O) groups is 1. The first kappa shape index (κ1) is 17.0. The Morgan fingerprint density at radius 3 is 2.96 bits per heavy atom. The molecule has 1 fully saturated rings. The standard InChI is InChI=1S/C20H28N2O2/c1-3-16-13-22(20(23)4-2)10-9-18(16)21-12-15-11-17-7-5-6-8-19(17)24-14-15/h5-8,11,16,18,21H,3-4,9-10,12-14H2,1-2H3/t16-,18-/m0/s1. The van der Waals surface area contributed by atoms with Gasteiger partial charge in [-0.05, 0) is 30.1 Å². The molecule has 24 heavy (non-hydrogen) atoms. The first-order valence-electron chi connectivity index (χ1n) is 9.13. The van der Waals surface area contributed by atoms with Gasteiger partial charge in [-0.25, -0.2) is 0 Å². The highest BCUT2D eigenvalue weighted by Gasteiger charge is 2.29. The van der Waals surface area contributed by atoms with Gasteiger partial charge in [0, 0.05) is 37.7 Å². The highest BCUT2D eigenvalue weighted by atomic mass is 16.5. The first-order chi connectivity index (χ1) is 11.7. The fourth-order valence-corrected chi connectivity index (χ4v) is 3.69. The van der Waals surface area contributed by atoms with Crippen molar-refractivity contribution in [1.29, 1.82) is 0 Å². The number of hydrogen-bond acceptors (Lipinski definition) is 3. The van der Waals surface area contributed by atoms with Crippen LogP contribution in [-0.4, -0.2) is 43.1 Å². The molecule has 0 bridgehead atoms. The maximum Gasteiger partial charge on any atom is 0.222 e. The second-order valence-corrected chi connectivity index (χ2v) is 6.77. The molecule has 1 aromatic carbocycles. The van der Waals surface area contributed by atoms with Crippen LogP contribution in [0.25, 0.3) is 6.08 Å². The number of hydrogen-bond donors (Lipinski definition) is 1. The minimum Gasteiger partial charge on any atom is -0.489 e. The van der Waals surface area contributed by atoms with Crippen LogP contribution in [-0.2, 0) is 4.79 Å². The van der Waals surface area contributed by atoms with E-state index in [-0.39, 0.29) is 5.91 Å². The Balaban J connectivity index is 1.57. The number of amides is 1. The van der Waals surface area contributed by atoms with Crippen molar-refractivity contribution in [1.82, 2.24) is 10.2 Å². The Labute approximate surface area is 144 Å². The molecule has 4 nitrogen and oxygen atoms in total. The number of piperidine rings is 1. The molecule has 1 saturated heterocycles. The third-order valence-corrected chi connectivity index (χ3v) is 5.20. The van der Waals surface area contributed by atoms with E-state index in [1.807, 2.05) is 30.0 Å². The van der Waals surface area contributed by atoms with Gasteiger partial charge in [0.2, 0.25) is 5.91 Å². The van der Waals surface area contributed by atoms with E-state index in [0.717, 1.165) is 43.8 Å². The van der Waals surface area contributed by atoms with E-state index in [1.54, 1.807) is 0 Å². The Bertz CT molecular complexity index is 611. The fourth-order valence-electron chi connectivity index (χ4n) is 3.69. The number of nitrogens with one attached hydrogen (secondary N) is 1. The fraction of sp³-hybridized carbons (Fsp3) is 0.550. The van der Waals surface area contributed by atoms with Crippen molar-refractivity contribution in [3.8, 4) is 5.75 Å². The van der Waals surface area contributed by atoms with Crippen molar-refractivity contribution in [2.75, 3.05) is 26.2 Å². The predicted octanol–water partition coefficient (Wildman–Crippen LogP) is 3.09. The lowest BCUT2D eigenvalue weighted by molar-refractivity contribution is -0.133. The summed E-state index contributed by atoms with van der Waals surface area (Å²) in [5.74, 6) is 1.79. The van der Waals surface area contributed by atoms with Gasteiger partial charge >= 0.3 is 0 Å². The van der Waals surface area contributed by atoms with Crippen molar-refractivity contribution < 1.29 is 9.53 Å². The first-order valence-corrected chi connectivity index (χ1v) is 9.13. The number of benzene rings is 1. The minimum atomic E-state index is 0.284. The van der Waals surface area contributed by atoms with Gasteiger partial charge in [-0.1, -0.05) is 38.5 Å². The lowest BCUT2D eigenvalue weighted by atomic mass is 9.89. The smallest absolute Gasteiger partial charge is 0.222 e. The Kier molecular flexibility index (Phi) is 5.56. The summed E-state index contributed by atoms with van der Waals surface area (Å²) in [6.45, 7) is 7.45. The van der Waals surface area contributed by atoms with Crippen LogP contribution >= 0.6 is 0 Å². The van der Waals surface area contributed by atoms with E-state index in [1.165, 1.54) is 5.57 Å². The molecular weight excluding hydrogens is 300 g/mol. The summed E-state index contributed by atoms with van der Waals surface area (Å²) in [4.78, 5) is 14.0. The molecule has 0 unspecified atom stereocenters. The van der Waals surface area contributed by atoms with Crippen LogP contribution in [0.3, 0.4) is 0 Å². The minimum absolute atomic E-state index is 0.284. The largest absolute Gasteiger partial charge is 0.489 e. The Morgan fingerprint density at radius 2 is 2.17 bits per heavy atom. The molecule has 0 saturated carbocycles. The lowest BCUT2D eigenvalue weighted by Crippen LogP contribution is -2.51. The van der Waals surface area contributed by atoms with Gasteiger partial charge in [-0.2, -0.15) is 0 Å². The van der Waals surface area contributed by atoms with Crippen LogP contribution < -0.4 is 10.1 Å². The van der Waals surface area contributed by atoms with Crippen LogP contribution in [0.5, 0.6) is 5.75 Å². The van der Waals surface area contributed by atoms with Crippen LogP contribution in [0.1, 0.15) is 38.7 Å². The van der Waals surface area contributed by atoms with Gasteiger partial charge in [-0.3, -0.25) is 4.79 Å². The molecule has 1 N–H and O–H groups in total. The summed E-state index contributed by atoms with van der Waals surface area (Å²) >= 11 is 0. The summed E-state index contributed by atoms with van der Waals surface area (Å²) < 4.78 is 5.83. The molecule has 130 valence electrons. The molecule has 2 atom stereocenters. The second-order valence-electron chi connectivity index (χ2n) is 6.77. The van der Waals surface area contributed by atoms with Crippen molar-refractivity contribution in [3.05, 3.63) is 35.4 Å². The summed E-state index contributed by atoms with van der Waals surface area (Å²) in [6, 6.07) is 8.64.